The minimum absolute atomic E-state index is 0.0230. The fraction of sp³-hybridized carbons (Fsp3) is 0.0714. The quantitative estimate of drug-likeness (QED) is 0.841. The van der Waals surface area contributed by atoms with Crippen molar-refractivity contribution in [2.75, 3.05) is 12.4 Å². The first-order chi connectivity index (χ1) is 9.26. The van der Waals surface area contributed by atoms with Crippen LogP contribution in [0.3, 0.4) is 0 Å². The van der Waals surface area contributed by atoms with Gasteiger partial charge in [0.05, 0.1) is 12.8 Å². The normalized spacial score (nSPS) is 9.79. The Labute approximate surface area is 109 Å². The molecule has 0 spiro atoms. The second-order valence-corrected chi connectivity index (χ2v) is 3.63. The van der Waals surface area contributed by atoms with Gasteiger partial charge in [0.15, 0.2) is 17.3 Å². The summed E-state index contributed by atoms with van der Waals surface area (Å²) in [6.07, 6.45) is 0.529. The van der Waals surface area contributed by atoms with Gasteiger partial charge >= 0.3 is 0 Å². The van der Waals surface area contributed by atoms with Crippen LogP contribution in [0, 0.1) is 5.82 Å². The molecule has 0 aliphatic rings. The maximum absolute atomic E-state index is 13.7. The highest BCUT2D eigenvalue weighted by Gasteiger charge is 2.13. The molecule has 98 valence electrons. The van der Waals surface area contributed by atoms with Crippen molar-refractivity contribution in [1.29, 1.82) is 0 Å². The third-order valence-electron chi connectivity index (χ3n) is 2.46. The van der Waals surface area contributed by atoms with Gasteiger partial charge < -0.3 is 14.8 Å². The third kappa shape index (κ3) is 2.82. The lowest BCUT2D eigenvalue weighted by Crippen LogP contribution is -1.98. The third-order valence-corrected chi connectivity index (χ3v) is 2.46. The van der Waals surface area contributed by atoms with Crippen LogP contribution in [-0.4, -0.2) is 13.5 Å². The first-order valence-corrected chi connectivity index (χ1v) is 5.56. The van der Waals surface area contributed by atoms with Crippen LogP contribution in [0.4, 0.5) is 10.1 Å². The van der Waals surface area contributed by atoms with Crippen LogP contribution in [0.25, 0.3) is 0 Å². The maximum Gasteiger partial charge on any atom is 0.211 e. The molecule has 2 aromatic carbocycles. The van der Waals surface area contributed by atoms with Crippen LogP contribution in [0.2, 0.25) is 0 Å². The molecule has 0 aliphatic heterocycles. The van der Waals surface area contributed by atoms with Gasteiger partial charge in [0, 0.05) is 0 Å². The van der Waals surface area contributed by atoms with Gasteiger partial charge in [-0.2, -0.15) is 0 Å². The number of carbonyl (C=O) groups excluding carboxylic acids is 1. The Morgan fingerprint density at radius 3 is 2.58 bits per heavy atom. The zero-order chi connectivity index (χ0) is 13.7. The molecule has 1 amide bonds. The highest BCUT2D eigenvalue weighted by atomic mass is 19.1. The van der Waals surface area contributed by atoms with Crippen LogP contribution >= 0.6 is 0 Å². The van der Waals surface area contributed by atoms with Crippen molar-refractivity contribution in [1.82, 2.24) is 0 Å². The van der Waals surface area contributed by atoms with Crippen LogP contribution in [0.5, 0.6) is 17.2 Å². The Hall–Kier alpha value is -2.56. The number of hydrogen-bond donors (Lipinski definition) is 1. The predicted octanol–water partition coefficient (Wildman–Crippen LogP) is 3.19. The molecule has 2 aromatic rings. The van der Waals surface area contributed by atoms with Crippen molar-refractivity contribution < 1.29 is 18.7 Å². The van der Waals surface area contributed by atoms with Crippen molar-refractivity contribution in [3.63, 3.8) is 0 Å². The number of benzene rings is 2. The number of anilines is 1. The van der Waals surface area contributed by atoms with Gasteiger partial charge in [-0.15, -0.1) is 0 Å². The summed E-state index contributed by atoms with van der Waals surface area (Å²) in [7, 11) is 1.43. The van der Waals surface area contributed by atoms with Crippen LogP contribution < -0.4 is 14.8 Å². The number of ether oxygens (including phenoxy) is 2. The highest BCUT2D eigenvalue weighted by molar-refractivity contribution is 5.75. The van der Waals surface area contributed by atoms with E-state index in [9.17, 15) is 9.18 Å². The van der Waals surface area contributed by atoms with Gasteiger partial charge in [0.25, 0.3) is 0 Å². The van der Waals surface area contributed by atoms with Crippen molar-refractivity contribution >= 4 is 12.1 Å². The van der Waals surface area contributed by atoms with Crippen LogP contribution in [-0.2, 0) is 4.79 Å². The van der Waals surface area contributed by atoms with Gasteiger partial charge in [-0.05, 0) is 24.3 Å². The van der Waals surface area contributed by atoms with Crippen LogP contribution in [0.15, 0.2) is 42.5 Å². The lowest BCUT2D eigenvalue weighted by atomic mass is 10.2. The topological polar surface area (TPSA) is 47.6 Å². The van der Waals surface area contributed by atoms with E-state index >= 15 is 0 Å². The SMILES string of the molecule is COc1cccc(F)c1Oc1ccccc1NC=O. The highest BCUT2D eigenvalue weighted by Crippen LogP contribution is 2.36. The number of para-hydroxylation sites is 3. The first kappa shape index (κ1) is 12.9. The van der Waals surface area contributed by atoms with Crippen LogP contribution in [0.1, 0.15) is 0 Å². The Kier molecular flexibility index (Phi) is 3.97. The van der Waals surface area contributed by atoms with E-state index in [4.69, 9.17) is 9.47 Å². The molecule has 0 saturated heterocycles. The zero-order valence-corrected chi connectivity index (χ0v) is 10.2. The zero-order valence-electron chi connectivity index (χ0n) is 10.2. The molecule has 0 aliphatic carbocycles. The van der Waals surface area contributed by atoms with E-state index in [1.807, 2.05) is 0 Å². The monoisotopic (exact) mass is 261 g/mol. The molecule has 0 unspecified atom stereocenters. The number of hydrogen-bond acceptors (Lipinski definition) is 3. The van der Waals surface area contributed by atoms with Crippen molar-refractivity contribution in [2.45, 2.75) is 0 Å². The molecule has 0 atom stereocenters. The minimum Gasteiger partial charge on any atom is -0.493 e. The smallest absolute Gasteiger partial charge is 0.211 e. The Morgan fingerprint density at radius 1 is 1.11 bits per heavy atom. The van der Waals surface area contributed by atoms with E-state index < -0.39 is 5.82 Å². The van der Waals surface area contributed by atoms with Gasteiger partial charge in [-0.25, -0.2) is 4.39 Å². The van der Waals surface area contributed by atoms with E-state index in [1.54, 1.807) is 30.3 Å². The average Bonchev–Trinajstić information content (AvgIpc) is 2.43. The van der Waals surface area contributed by atoms with Gasteiger partial charge in [0.1, 0.15) is 0 Å². The summed E-state index contributed by atoms with van der Waals surface area (Å²) in [4.78, 5) is 10.5. The second-order valence-electron chi connectivity index (χ2n) is 3.63. The molecule has 4 nitrogen and oxygen atoms in total. The minimum atomic E-state index is -0.541. The number of carbonyl (C=O) groups is 1. The van der Waals surface area contributed by atoms with Gasteiger partial charge in [0.2, 0.25) is 12.2 Å². The van der Waals surface area contributed by atoms with E-state index in [0.717, 1.165) is 0 Å². The van der Waals surface area contributed by atoms with Crippen molar-refractivity contribution in [2.24, 2.45) is 0 Å². The molecule has 1 N–H and O–H groups in total. The summed E-state index contributed by atoms with van der Waals surface area (Å²) >= 11 is 0. The lowest BCUT2D eigenvalue weighted by molar-refractivity contribution is -0.105. The molecule has 0 radical (unpaired) electrons. The number of nitrogens with one attached hydrogen (secondary N) is 1. The molecule has 0 aromatic heterocycles. The number of rotatable bonds is 5. The summed E-state index contributed by atoms with van der Waals surface area (Å²) in [6, 6.07) is 11.1. The average molecular weight is 261 g/mol. The number of halogens is 1. The predicted molar refractivity (Wildman–Crippen MR) is 69.2 cm³/mol. The molecule has 19 heavy (non-hydrogen) atoms. The second kappa shape index (κ2) is 5.86. The summed E-state index contributed by atoms with van der Waals surface area (Å²) in [6.45, 7) is 0. The molecule has 0 fully saturated rings. The number of methoxy groups -OCH3 is 1. The largest absolute Gasteiger partial charge is 0.493 e. The maximum atomic E-state index is 13.7. The molecule has 2 rings (SSSR count). The Morgan fingerprint density at radius 2 is 1.84 bits per heavy atom. The summed E-state index contributed by atoms with van der Waals surface area (Å²) in [5, 5.41) is 2.48. The summed E-state index contributed by atoms with van der Waals surface area (Å²) in [5.41, 5.74) is 0.447. The molecular weight excluding hydrogens is 249 g/mol. The van der Waals surface area contributed by atoms with E-state index in [0.29, 0.717) is 17.8 Å². The Bertz CT molecular complexity index is 587. The van der Waals surface area contributed by atoms with E-state index in [1.165, 1.54) is 19.2 Å². The molecular formula is C14H12FNO3. The Balaban J connectivity index is 2.38. The van der Waals surface area contributed by atoms with E-state index in [-0.39, 0.29) is 11.5 Å². The number of amides is 1. The molecule has 0 saturated carbocycles. The lowest BCUT2D eigenvalue weighted by Gasteiger charge is -2.13. The fourth-order valence-electron chi connectivity index (χ4n) is 1.60. The van der Waals surface area contributed by atoms with E-state index in [2.05, 4.69) is 5.32 Å². The van der Waals surface area contributed by atoms with Crippen molar-refractivity contribution in [3.05, 3.63) is 48.3 Å². The first-order valence-electron chi connectivity index (χ1n) is 5.56. The van der Waals surface area contributed by atoms with Gasteiger partial charge in [-0.1, -0.05) is 18.2 Å². The standard InChI is InChI=1S/C14H12FNO3/c1-18-13-8-4-5-10(15)14(13)19-12-7-3-2-6-11(12)16-9-17/h2-9H,1H3,(H,16,17). The molecule has 0 heterocycles. The molecule has 0 bridgehead atoms. The molecule has 5 heteroatoms. The summed E-state index contributed by atoms with van der Waals surface area (Å²) in [5.74, 6) is 0.0457. The fourth-order valence-corrected chi connectivity index (χ4v) is 1.60. The van der Waals surface area contributed by atoms with Crippen molar-refractivity contribution in [3.8, 4) is 17.2 Å². The summed E-state index contributed by atoms with van der Waals surface area (Å²) < 4.78 is 24.3. The van der Waals surface area contributed by atoms with Gasteiger partial charge in [-0.3, -0.25) is 4.79 Å².